The summed E-state index contributed by atoms with van der Waals surface area (Å²) in [6, 6.07) is 2.47. The summed E-state index contributed by atoms with van der Waals surface area (Å²) in [6.45, 7) is 3.57. The average Bonchev–Trinajstić information content (AvgIpc) is 2.58. The van der Waals surface area contributed by atoms with Crippen LogP contribution in [-0.2, 0) is 4.79 Å². The first-order valence-corrected chi connectivity index (χ1v) is 7.15. The van der Waals surface area contributed by atoms with Crippen molar-refractivity contribution >= 4 is 5.91 Å². The van der Waals surface area contributed by atoms with Crippen LogP contribution in [0.15, 0.2) is 0 Å². The van der Waals surface area contributed by atoms with Crippen LogP contribution in [0.3, 0.4) is 0 Å². The lowest BCUT2D eigenvalue weighted by Crippen LogP contribution is -2.42. The van der Waals surface area contributed by atoms with Gasteiger partial charge in [0.1, 0.15) is 0 Å². The van der Waals surface area contributed by atoms with E-state index in [1.165, 1.54) is 25.7 Å². The molecule has 0 radical (unpaired) electrons. The van der Waals surface area contributed by atoms with Crippen molar-refractivity contribution in [3.05, 3.63) is 0 Å². The van der Waals surface area contributed by atoms with E-state index in [0.717, 1.165) is 25.8 Å². The van der Waals surface area contributed by atoms with Gasteiger partial charge in [-0.25, -0.2) is 0 Å². The van der Waals surface area contributed by atoms with E-state index < -0.39 is 0 Å². The number of hydrogen-bond donors (Lipinski definition) is 1. The van der Waals surface area contributed by atoms with Crippen LogP contribution < -0.4 is 5.32 Å². The Morgan fingerprint density at radius 1 is 1.33 bits per heavy atom. The summed E-state index contributed by atoms with van der Waals surface area (Å²) < 4.78 is 0. The first kappa shape index (κ1) is 15.0. The van der Waals surface area contributed by atoms with Crippen molar-refractivity contribution in [1.29, 1.82) is 5.26 Å². The Labute approximate surface area is 110 Å². The fourth-order valence-corrected chi connectivity index (χ4v) is 2.53. The van der Waals surface area contributed by atoms with Gasteiger partial charge in [0.05, 0.1) is 19.2 Å². The highest BCUT2D eigenvalue weighted by molar-refractivity contribution is 5.78. The van der Waals surface area contributed by atoms with Crippen LogP contribution in [0, 0.1) is 11.3 Å². The van der Waals surface area contributed by atoms with Gasteiger partial charge in [0.15, 0.2) is 0 Å². The Hall–Kier alpha value is -1.08. The maximum Gasteiger partial charge on any atom is 0.234 e. The number of carbonyl (C=O) groups is 1. The summed E-state index contributed by atoms with van der Waals surface area (Å²) in [5.41, 5.74) is 0. The van der Waals surface area contributed by atoms with Gasteiger partial charge in [-0.3, -0.25) is 9.69 Å². The summed E-state index contributed by atoms with van der Waals surface area (Å²) in [7, 11) is 0. The molecule has 1 aliphatic rings. The van der Waals surface area contributed by atoms with Crippen LogP contribution in [0.4, 0.5) is 0 Å². The smallest absolute Gasteiger partial charge is 0.234 e. The fourth-order valence-electron chi connectivity index (χ4n) is 2.53. The molecule has 4 heteroatoms. The van der Waals surface area contributed by atoms with Gasteiger partial charge in [-0.05, 0) is 25.8 Å². The van der Waals surface area contributed by atoms with Crippen LogP contribution in [0.5, 0.6) is 0 Å². The monoisotopic (exact) mass is 251 g/mol. The van der Waals surface area contributed by atoms with E-state index in [0.29, 0.717) is 19.1 Å². The maximum absolute atomic E-state index is 11.9. The number of carbonyl (C=O) groups excluding carboxylic acids is 1. The number of amides is 1. The Bertz CT molecular complexity index is 277. The molecule has 0 saturated heterocycles. The Balaban J connectivity index is 2.31. The Kier molecular flexibility index (Phi) is 7.43. The van der Waals surface area contributed by atoms with Gasteiger partial charge in [0.2, 0.25) is 5.91 Å². The third kappa shape index (κ3) is 6.02. The van der Waals surface area contributed by atoms with E-state index in [1.54, 1.807) is 0 Å². The molecule has 18 heavy (non-hydrogen) atoms. The normalized spacial score (nSPS) is 17.2. The third-order valence-electron chi connectivity index (χ3n) is 3.42. The fraction of sp³-hybridized carbons (Fsp3) is 0.857. The molecule has 102 valence electrons. The number of nitrogens with one attached hydrogen (secondary N) is 1. The number of nitriles is 1. The van der Waals surface area contributed by atoms with Crippen molar-refractivity contribution in [3.63, 3.8) is 0 Å². The predicted molar refractivity (Wildman–Crippen MR) is 72.0 cm³/mol. The first-order valence-electron chi connectivity index (χ1n) is 7.15. The SMILES string of the molecule is CCCN(CC#N)CC(=O)NC1CCCCCC1. The van der Waals surface area contributed by atoms with Gasteiger partial charge in [-0.2, -0.15) is 5.26 Å². The zero-order valence-electron chi connectivity index (χ0n) is 11.5. The molecule has 0 unspecified atom stereocenters. The molecule has 1 N–H and O–H groups in total. The Morgan fingerprint density at radius 2 is 2.00 bits per heavy atom. The second-order valence-electron chi connectivity index (χ2n) is 5.12. The predicted octanol–water partition coefficient (Wildman–Crippen LogP) is 2.06. The van der Waals surface area contributed by atoms with Crippen LogP contribution in [0.1, 0.15) is 51.9 Å². The number of rotatable bonds is 6. The summed E-state index contributed by atoms with van der Waals surface area (Å²) in [5.74, 6) is 0.0746. The van der Waals surface area contributed by atoms with Gasteiger partial charge in [0, 0.05) is 6.04 Å². The highest BCUT2D eigenvalue weighted by Crippen LogP contribution is 2.17. The number of nitrogens with zero attached hydrogens (tertiary/aromatic N) is 2. The molecule has 0 bridgehead atoms. The standard InChI is InChI=1S/C14H25N3O/c1-2-10-17(11-9-15)12-14(18)16-13-7-5-3-4-6-8-13/h13H,2-8,10-12H2,1H3,(H,16,18). The van der Waals surface area contributed by atoms with E-state index in [4.69, 9.17) is 5.26 Å². The van der Waals surface area contributed by atoms with E-state index >= 15 is 0 Å². The molecule has 0 spiro atoms. The van der Waals surface area contributed by atoms with Crippen molar-refractivity contribution in [2.24, 2.45) is 0 Å². The van der Waals surface area contributed by atoms with Gasteiger partial charge >= 0.3 is 0 Å². The topological polar surface area (TPSA) is 56.1 Å². The second-order valence-corrected chi connectivity index (χ2v) is 5.12. The van der Waals surface area contributed by atoms with E-state index in [2.05, 4.69) is 18.3 Å². The molecule has 1 aliphatic carbocycles. The van der Waals surface area contributed by atoms with Crippen molar-refractivity contribution < 1.29 is 4.79 Å². The van der Waals surface area contributed by atoms with Gasteiger partial charge in [-0.15, -0.1) is 0 Å². The van der Waals surface area contributed by atoms with Crippen molar-refractivity contribution in [2.45, 2.75) is 57.9 Å². The quantitative estimate of drug-likeness (QED) is 0.580. The molecule has 1 rings (SSSR count). The van der Waals surface area contributed by atoms with Gasteiger partial charge < -0.3 is 5.32 Å². The minimum Gasteiger partial charge on any atom is -0.352 e. The molecule has 0 heterocycles. The molecule has 1 fully saturated rings. The lowest BCUT2D eigenvalue weighted by atomic mass is 10.1. The molecule has 0 aromatic rings. The number of hydrogen-bond acceptors (Lipinski definition) is 3. The van der Waals surface area contributed by atoms with Crippen LogP contribution in [0.25, 0.3) is 0 Å². The molecule has 1 amide bonds. The summed E-state index contributed by atoms with van der Waals surface area (Å²) in [4.78, 5) is 13.8. The lowest BCUT2D eigenvalue weighted by molar-refractivity contribution is -0.122. The van der Waals surface area contributed by atoms with E-state index in [1.807, 2.05) is 4.90 Å². The molecule has 0 atom stereocenters. The minimum atomic E-state index is 0.0746. The largest absolute Gasteiger partial charge is 0.352 e. The first-order chi connectivity index (χ1) is 8.76. The van der Waals surface area contributed by atoms with Crippen molar-refractivity contribution in [2.75, 3.05) is 19.6 Å². The molecule has 0 aromatic carbocycles. The highest BCUT2D eigenvalue weighted by Gasteiger charge is 2.16. The summed E-state index contributed by atoms with van der Waals surface area (Å²) in [6.07, 6.45) is 8.23. The van der Waals surface area contributed by atoms with Gasteiger partial charge in [-0.1, -0.05) is 32.6 Å². The molecule has 4 nitrogen and oxygen atoms in total. The minimum absolute atomic E-state index is 0.0746. The van der Waals surface area contributed by atoms with Crippen molar-refractivity contribution in [1.82, 2.24) is 10.2 Å². The van der Waals surface area contributed by atoms with Crippen LogP contribution in [-0.4, -0.2) is 36.5 Å². The summed E-state index contributed by atoms with van der Waals surface area (Å²) >= 11 is 0. The van der Waals surface area contributed by atoms with E-state index in [9.17, 15) is 4.79 Å². The average molecular weight is 251 g/mol. The molecule has 0 aromatic heterocycles. The van der Waals surface area contributed by atoms with E-state index in [-0.39, 0.29) is 5.91 Å². The maximum atomic E-state index is 11.9. The lowest BCUT2D eigenvalue weighted by Gasteiger charge is -2.21. The zero-order chi connectivity index (χ0) is 13.2. The zero-order valence-corrected chi connectivity index (χ0v) is 11.5. The third-order valence-corrected chi connectivity index (χ3v) is 3.42. The van der Waals surface area contributed by atoms with Crippen LogP contribution >= 0.6 is 0 Å². The highest BCUT2D eigenvalue weighted by atomic mass is 16.2. The summed E-state index contributed by atoms with van der Waals surface area (Å²) in [5, 5.41) is 11.8. The van der Waals surface area contributed by atoms with Crippen molar-refractivity contribution in [3.8, 4) is 6.07 Å². The molecule has 1 saturated carbocycles. The second kappa shape index (κ2) is 8.93. The van der Waals surface area contributed by atoms with Gasteiger partial charge in [0.25, 0.3) is 0 Å². The molecule has 0 aliphatic heterocycles. The molecular weight excluding hydrogens is 226 g/mol. The molecular formula is C14H25N3O. The van der Waals surface area contributed by atoms with Crippen LogP contribution in [0.2, 0.25) is 0 Å². The Morgan fingerprint density at radius 3 is 2.56 bits per heavy atom.